The molecule has 0 saturated carbocycles. The molecule has 2 aromatic heterocycles. The van der Waals surface area contributed by atoms with Crippen molar-refractivity contribution < 1.29 is 24.3 Å². The molecule has 0 saturated heterocycles. The molecule has 8 N–H and O–H groups in total. The number of carbonyl (C=O) groups is 4. The fourth-order valence-electron chi connectivity index (χ4n) is 5.74. The van der Waals surface area contributed by atoms with Crippen LogP contribution in [0.4, 0.5) is 0 Å². The third-order valence-corrected chi connectivity index (χ3v) is 8.97. The summed E-state index contributed by atoms with van der Waals surface area (Å²) in [5, 5.41) is 20.0. The molecule has 0 spiro atoms. The number of aromatic amines is 2. The monoisotopic (exact) mass is 668 g/mol. The summed E-state index contributed by atoms with van der Waals surface area (Å²) in [6.07, 6.45) is 6.20. The summed E-state index contributed by atoms with van der Waals surface area (Å²) in [6, 6.07) is 20.1. The summed E-state index contributed by atoms with van der Waals surface area (Å²) < 4.78 is 0. The first-order chi connectivity index (χ1) is 23.2. The van der Waals surface area contributed by atoms with E-state index >= 15 is 0 Å². The Morgan fingerprint density at radius 3 is 1.81 bits per heavy atom. The van der Waals surface area contributed by atoms with Crippen LogP contribution in [0.3, 0.4) is 0 Å². The number of carboxylic acids is 1. The molecule has 3 amide bonds. The molecule has 12 heteroatoms. The highest BCUT2D eigenvalue weighted by atomic mass is 32.2. The minimum absolute atomic E-state index is 0.0820. The minimum Gasteiger partial charge on any atom is -0.480 e. The van der Waals surface area contributed by atoms with Crippen molar-refractivity contribution in [3.8, 4) is 0 Å². The fraction of sp³-hybridized carbons (Fsp3) is 0.278. The smallest absolute Gasteiger partial charge is 0.326 e. The lowest BCUT2D eigenvalue weighted by Crippen LogP contribution is -2.58. The molecule has 3 aromatic carbocycles. The average Bonchev–Trinajstić information content (AvgIpc) is 3.70. The number of carbonyl (C=O) groups excluding carboxylic acids is 3. The van der Waals surface area contributed by atoms with Crippen molar-refractivity contribution in [1.29, 1.82) is 0 Å². The molecule has 4 unspecified atom stereocenters. The maximum Gasteiger partial charge on any atom is 0.326 e. The third-order valence-electron chi connectivity index (χ3n) is 8.32. The second-order valence-electron chi connectivity index (χ2n) is 11.7. The van der Waals surface area contributed by atoms with Gasteiger partial charge < -0.3 is 36.8 Å². The molecule has 4 atom stereocenters. The Bertz CT molecular complexity index is 1870. The van der Waals surface area contributed by atoms with Crippen molar-refractivity contribution >= 4 is 57.3 Å². The number of benzene rings is 3. The normalized spacial score (nSPS) is 13.8. The van der Waals surface area contributed by atoms with Crippen molar-refractivity contribution in [3.63, 3.8) is 0 Å². The zero-order valence-corrected chi connectivity index (χ0v) is 27.4. The van der Waals surface area contributed by atoms with E-state index in [4.69, 9.17) is 5.73 Å². The minimum atomic E-state index is -1.20. The quantitative estimate of drug-likeness (QED) is 0.0842. The number of para-hydroxylation sites is 2. The van der Waals surface area contributed by atoms with E-state index in [-0.39, 0.29) is 25.7 Å². The first-order valence-electron chi connectivity index (χ1n) is 15.8. The number of amides is 3. The Morgan fingerprint density at radius 1 is 0.688 bits per heavy atom. The number of nitrogens with one attached hydrogen (secondary N) is 5. The standard InChI is InChI=1S/C36H40N6O5S/c1-48-16-15-30(34(44)42-32(36(46)47)17-22-9-3-2-4-10-22)40-35(45)31(19-24-21-39-29-14-8-6-12-26(24)29)41-33(43)27(37)18-23-20-38-28-13-7-5-11-25(23)28/h2-14,20-21,27,30-32,38-39H,15-19,37H2,1H3,(H,40,45)(H,41,43)(H,42,44)(H,46,47). The second-order valence-corrected chi connectivity index (χ2v) is 12.7. The van der Waals surface area contributed by atoms with Crippen LogP contribution in [-0.4, -0.2) is 74.9 Å². The first kappa shape index (κ1) is 34.3. The van der Waals surface area contributed by atoms with Gasteiger partial charge in [0.25, 0.3) is 0 Å². The SMILES string of the molecule is CSCCC(NC(=O)C(Cc1c[nH]c2ccccc12)NC(=O)C(N)Cc1c[nH]c2ccccc12)C(=O)NC(Cc1ccccc1)C(=O)O. The Morgan fingerprint density at radius 2 is 1.21 bits per heavy atom. The number of thioether (sulfide) groups is 1. The number of H-pyrrole nitrogens is 2. The maximum absolute atomic E-state index is 14.0. The van der Waals surface area contributed by atoms with Crippen molar-refractivity contribution in [2.45, 2.75) is 49.9 Å². The molecule has 11 nitrogen and oxygen atoms in total. The largest absolute Gasteiger partial charge is 0.480 e. The third kappa shape index (κ3) is 8.64. The molecule has 48 heavy (non-hydrogen) atoms. The molecule has 2 heterocycles. The Hall–Kier alpha value is -5.07. The topological polar surface area (TPSA) is 182 Å². The Labute approximate surface area is 282 Å². The van der Waals surface area contributed by atoms with Crippen molar-refractivity contribution in [2.24, 2.45) is 5.73 Å². The van der Waals surface area contributed by atoms with Crippen LogP contribution < -0.4 is 21.7 Å². The number of hydrogen-bond donors (Lipinski definition) is 7. The number of fused-ring (bicyclic) bond motifs is 2. The van der Waals surface area contributed by atoms with Gasteiger partial charge in [-0.1, -0.05) is 66.7 Å². The predicted octanol–water partition coefficient (Wildman–Crippen LogP) is 3.30. The van der Waals surface area contributed by atoms with Crippen LogP contribution in [0.1, 0.15) is 23.1 Å². The molecular weight excluding hydrogens is 629 g/mol. The molecule has 0 aliphatic heterocycles. The summed E-state index contributed by atoms with van der Waals surface area (Å²) in [7, 11) is 0. The van der Waals surface area contributed by atoms with Gasteiger partial charge in [-0.15, -0.1) is 0 Å². The van der Waals surface area contributed by atoms with Crippen LogP contribution in [0.25, 0.3) is 21.8 Å². The number of hydrogen-bond acceptors (Lipinski definition) is 6. The first-order valence-corrected chi connectivity index (χ1v) is 17.1. The van der Waals surface area contributed by atoms with E-state index in [1.165, 1.54) is 11.8 Å². The van der Waals surface area contributed by atoms with E-state index < -0.39 is 47.9 Å². The molecule has 5 aromatic rings. The van der Waals surface area contributed by atoms with Crippen LogP contribution in [0.5, 0.6) is 0 Å². The highest BCUT2D eigenvalue weighted by Crippen LogP contribution is 2.21. The van der Waals surface area contributed by atoms with E-state index in [0.29, 0.717) is 5.75 Å². The van der Waals surface area contributed by atoms with Gasteiger partial charge in [0.1, 0.15) is 18.1 Å². The van der Waals surface area contributed by atoms with E-state index in [1.54, 1.807) is 30.5 Å². The number of aliphatic carboxylic acids is 1. The van der Waals surface area contributed by atoms with Gasteiger partial charge in [0.05, 0.1) is 6.04 Å². The fourth-order valence-corrected chi connectivity index (χ4v) is 6.21. The average molecular weight is 669 g/mol. The molecule has 0 aliphatic carbocycles. The zero-order valence-electron chi connectivity index (χ0n) is 26.6. The van der Waals surface area contributed by atoms with E-state index in [9.17, 15) is 24.3 Å². The molecule has 250 valence electrons. The van der Waals surface area contributed by atoms with Crippen molar-refractivity contribution in [3.05, 3.63) is 108 Å². The van der Waals surface area contributed by atoms with Crippen LogP contribution >= 0.6 is 11.8 Å². The van der Waals surface area contributed by atoms with Gasteiger partial charge in [0.2, 0.25) is 17.7 Å². The number of aromatic nitrogens is 2. The van der Waals surface area contributed by atoms with Crippen LogP contribution in [0, 0.1) is 0 Å². The van der Waals surface area contributed by atoms with Gasteiger partial charge >= 0.3 is 5.97 Å². The summed E-state index contributed by atoms with van der Waals surface area (Å²) in [4.78, 5) is 59.5. The van der Waals surface area contributed by atoms with Gasteiger partial charge in [-0.3, -0.25) is 14.4 Å². The molecule has 0 bridgehead atoms. The van der Waals surface area contributed by atoms with E-state index in [1.807, 2.05) is 67.0 Å². The number of nitrogens with two attached hydrogens (primary N) is 1. The summed E-state index contributed by atoms with van der Waals surface area (Å²) >= 11 is 1.49. The molecule has 0 radical (unpaired) electrons. The van der Waals surface area contributed by atoms with Gasteiger partial charge in [-0.05, 0) is 53.7 Å². The predicted molar refractivity (Wildman–Crippen MR) is 189 cm³/mol. The maximum atomic E-state index is 14.0. The van der Waals surface area contributed by atoms with Crippen LogP contribution in [0.2, 0.25) is 0 Å². The molecular formula is C36H40N6O5S. The van der Waals surface area contributed by atoms with E-state index in [2.05, 4.69) is 25.9 Å². The molecule has 5 rings (SSSR count). The van der Waals surface area contributed by atoms with Crippen molar-refractivity contribution in [2.75, 3.05) is 12.0 Å². The van der Waals surface area contributed by atoms with Crippen LogP contribution in [0.15, 0.2) is 91.3 Å². The zero-order chi connectivity index (χ0) is 34.0. The lowest BCUT2D eigenvalue weighted by molar-refractivity contribution is -0.142. The van der Waals surface area contributed by atoms with Gasteiger partial charge in [0.15, 0.2) is 0 Å². The van der Waals surface area contributed by atoms with Crippen molar-refractivity contribution in [1.82, 2.24) is 25.9 Å². The Kier molecular flexibility index (Phi) is 11.5. The highest BCUT2D eigenvalue weighted by Gasteiger charge is 2.31. The van der Waals surface area contributed by atoms with Crippen LogP contribution in [-0.2, 0) is 38.4 Å². The second kappa shape index (κ2) is 16.2. The van der Waals surface area contributed by atoms with Gasteiger partial charge in [-0.2, -0.15) is 11.8 Å². The lowest BCUT2D eigenvalue weighted by Gasteiger charge is -2.25. The number of rotatable bonds is 16. The molecule has 0 fully saturated rings. The summed E-state index contributed by atoms with van der Waals surface area (Å²) in [6.45, 7) is 0. The summed E-state index contributed by atoms with van der Waals surface area (Å²) in [5.74, 6) is -2.36. The molecule has 0 aliphatic rings. The van der Waals surface area contributed by atoms with Gasteiger partial charge in [-0.25, -0.2) is 4.79 Å². The summed E-state index contributed by atoms with van der Waals surface area (Å²) in [5.41, 5.74) is 10.6. The number of carboxylic acid groups (broad SMARTS) is 1. The highest BCUT2D eigenvalue weighted by molar-refractivity contribution is 7.98. The van der Waals surface area contributed by atoms with Gasteiger partial charge in [0, 0.05) is 47.0 Å². The lowest BCUT2D eigenvalue weighted by atomic mass is 10.0. The van der Waals surface area contributed by atoms with E-state index in [0.717, 1.165) is 38.5 Å². The Balaban J connectivity index is 1.34.